The molecule has 0 bridgehead atoms. The van der Waals surface area contributed by atoms with Crippen molar-refractivity contribution in [1.82, 2.24) is 5.32 Å². The van der Waals surface area contributed by atoms with Crippen LogP contribution in [0.1, 0.15) is 15.9 Å². The molecule has 1 amide bonds. The number of anilines is 2. The van der Waals surface area contributed by atoms with Crippen LogP contribution in [-0.4, -0.2) is 42.2 Å². The fourth-order valence-electron chi connectivity index (χ4n) is 2.94. The lowest BCUT2D eigenvalue weighted by atomic mass is 10.1. The molecule has 1 aliphatic rings. The summed E-state index contributed by atoms with van der Waals surface area (Å²) in [5, 5.41) is 16.9. The summed E-state index contributed by atoms with van der Waals surface area (Å²) in [6.07, 6.45) is 0. The molecule has 0 saturated carbocycles. The molecular weight excluding hydrogens is 380 g/mol. The summed E-state index contributed by atoms with van der Waals surface area (Å²) in [6.45, 7) is 4.19. The Labute approximate surface area is 167 Å². The molecule has 1 aliphatic heterocycles. The minimum Gasteiger partial charge on any atom is -0.378 e. The van der Waals surface area contributed by atoms with Gasteiger partial charge in [0.25, 0.3) is 11.6 Å². The summed E-state index contributed by atoms with van der Waals surface area (Å²) < 4.78 is 5.34. The first-order valence-electron chi connectivity index (χ1n) is 8.75. The van der Waals surface area contributed by atoms with Crippen molar-refractivity contribution in [3.8, 4) is 0 Å². The van der Waals surface area contributed by atoms with Gasteiger partial charge in [0.1, 0.15) is 0 Å². The van der Waals surface area contributed by atoms with Crippen molar-refractivity contribution in [1.29, 1.82) is 0 Å². The molecule has 0 atom stereocenters. The summed E-state index contributed by atoms with van der Waals surface area (Å²) >= 11 is 5.25. The van der Waals surface area contributed by atoms with Gasteiger partial charge in [-0.05, 0) is 36.8 Å². The van der Waals surface area contributed by atoms with E-state index in [9.17, 15) is 14.9 Å². The van der Waals surface area contributed by atoms with E-state index < -0.39 is 10.8 Å². The molecule has 3 rings (SSSR count). The molecule has 0 radical (unpaired) electrons. The number of nitrogens with zero attached hydrogens (tertiary/aromatic N) is 2. The van der Waals surface area contributed by atoms with E-state index in [1.54, 1.807) is 6.07 Å². The third-order valence-electron chi connectivity index (χ3n) is 4.41. The number of non-ortho nitro benzene ring substituents is 1. The molecule has 0 spiro atoms. The number of para-hydroxylation sites is 1. The molecule has 28 heavy (non-hydrogen) atoms. The predicted octanol–water partition coefficient (Wildman–Crippen LogP) is 2.87. The fourth-order valence-corrected chi connectivity index (χ4v) is 3.14. The third-order valence-corrected chi connectivity index (χ3v) is 4.61. The average molecular weight is 400 g/mol. The van der Waals surface area contributed by atoms with Gasteiger partial charge in [0.2, 0.25) is 0 Å². The molecule has 0 aromatic heterocycles. The number of morpholine rings is 1. The maximum atomic E-state index is 12.8. The molecule has 8 nitrogen and oxygen atoms in total. The number of hydrogen-bond acceptors (Lipinski definition) is 6. The molecule has 1 saturated heterocycles. The van der Waals surface area contributed by atoms with Crippen LogP contribution in [0.15, 0.2) is 42.5 Å². The SMILES string of the molecule is Cc1ccccc1NC(=S)NC(=O)c1cc([N+](=O)[O-])ccc1N1CCOCC1. The number of rotatable bonds is 4. The monoisotopic (exact) mass is 400 g/mol. The highest BCUT2D eigenvalue weighted by Crippen LogP contribution is 2.26. The van der Waals surface area contributed by atoms with Crippen LogP contribution < -0.4 is 15.5 Å². The van der Waals surface area contributed by atoms with E-state index in [2.05, 4.69) is 10.6 Å². The summed E-state index contributed by atoms with van der Waals surface area (Å²) in [5.41, 5.74) is 2.42. The highest BCUT2D eigenvalue weighted by molar-refractivity contribution is 7.80. The van der Waals surface area contributed by atoms with Gasteiger partial charge in [-0.1, -0.05) is 18.2 Å². The molecule has 2 aromatic carbocycles. The van der Waals surface area contributed by atoms with Gasteiger partial charge in [0.15, 0.2) is 5.11 Å². The van der Waals surface area contributed by atoms with Crippen LogP contribution in [0.25, 0.3) is 0 Å². The van der Waals surface area contributed by atoms with E-state index in [0.29, 0.717) is 32.0 Å². The maximum Gasteiger partial charge on any atom is 0.270 e. The van der Waals surface area contributed by atoms with Crippen LogP contribution in [0.3, 0.4) is 0 Å². The van der Waals surface area contributed by atoms with E-state index in [0.717, 1.165) is 11.3 Å². The summed E-state index contributed by atoms with van der Waals surface area (Å²) in [4.78, 5) is 25.5. The van der Waals surface area contributed by atoms with Crippen LogP contribution >= 0.6 is 12.2 Å². The number of aryl methyl sites for hydroxylation is 1. The van der Waals surface area contributed by atoms with E-state index >= 15 is 0 Å². The average Bonchev–Trinajstić information content (AvgIpc) is 2.70. The van der Waals surface area contributed by atoms with Gasteiger partial charge in [-0.3, -0.25) is 20.2 Å². The number of carbonyl (C=O) groups excluding carboxylic acids is 1. The predicted molar refractivity (Wildman–Crippen MR) is 111 cm³/mol. The van der Waals surface area contributed by atoms with Gasteiger partial charge in [0.05, 0.1) is 29.4 Å². The maximum absolute atomic E-state index is 12.8. The molecule has 2 aromatic rings. The Hall–Kier alpha value is -3.04. The number of benzene rings is 2. The summed E-state index contributed by atoms with van der Waals surface area (Å²) in [5.74, 6) is -0.503. The first-order chi connectivity index (χ1) is 13.5. The number of hydrogen-bond donors (Lipinski definition) is 2. The second-order valence-corrected chi connectivity index (χ2v) is 6.69. The molecule has 146 valence electrons. The second-order valence-electron chi connectivity index (χ2n) is 6.28. The van der Waals surface area contributed by atoms with Crippen molar-refractivity contribution in [2.45, 2.75) is 6.92 Å². The van der Waals surface area contributed by atoms with E-state index in [1.807, 2.05) is 36.1 Å². The zero-order chi connectivity index (χ0) is 20.1. The highest BCUT2D eigenvalue weighted by Gasteiger charge is 2.22. The van der Waals surface area contributed by atoms with E-state index in [4.69, 9.17) is 17.0 Å². The van der Waals surface area contributed by atoms with Crippen LogP contribution in [-0.2, 0) is 4.74 Å². The lowest BCUT2D eigenvalue weighted by molar-refractivity contribution is -0.384. The number of nitro benzene ring substituents is 1. The lowest BCUT2D eigenvalue weighted by Crippen LogP contribution is -2.39. The minimum atomic E-state index is -0.524. The Morgan fingerprint density at radius 2 is 1.93 bits per heavy atom. The quantitative estimate of drug-likeness (QED) is 0.463. The zero-order valence-electron chi connectivity index (χ0n) is 15.3. The van der Waals surface area contributed by atoms with Gasteiger partial charge in [-0.2, -0.15) is 0 Å². The van der Waals surface area contributed by atoms with Gasteiger partial charge in [0, 0.05) is 30.9 Å². The Morgan fingerprint density at radius 3 is 2.61 bits per heavy atom. The minimum absolute atomic E-state index is 0.124. The van der Waals surface area contributed by atoms with Gasteiger partial charge in [-0.25, -0.2) is 0 Å². The Balaban J connectivity index is 1.82. The molecule has 9 heteroatoms. The van der Waals surface area contributed by atoms with Crippen molar-refractivity contribution < 1.29 is 14.5 Å². The topological polar surface area (TPSA) is 96.7 Å². The van der Waals surface area contributed by atoms with E-state index in [-0.39, 0.29) is 16.4 Å². The lowest BCUT2D eigenvalue weighted by Gasteiger charge is -2.30. The van der Waals surface area contributed by atoms with Crippen LogP contribution in [0.4, 0.5) is 17.1 Å². The van der Waals surface area contributed by atoms with Crippen molar-refractivity contribution in [3.63, 3.8) is 0 Å². The summed E-state index contributed by atoms with van der Waals surface area (Å²) in [6, 6.07) is 11.8. The number of nitrogens with one attached hydrogen (secondary N) is 2. The fraction of sp³-hybridized carbons (Fsp3) is 0.263. The smallest absolute Gasteiger partial charge is 0.270 e. The Kier molecular flexibility index (Phi) is 6.17. The van der Waals surface area contributed by atoms with Gasteiger partial charge >= 0.3 is 0 Å². The third kappa shape index (κ3) is 4.62. The second kappa shape index (κ2) is 8.77. The Morgan fingerprint density at radius 1 is 1.21 bits per heavy atom. The van der Waals surface area contributed by atoms with Crippen molar-refractivity contribution in [2.24, 2.45) is 0 Å². The van der Waals surface area contributed by atoms with Crippen LogP contribution in [0, 0.1) is 17.0 Å². The van der Waals surface area contributed by atoms with Gasteiger partial charge in [-0.15, -0.1) is 0 Å². The van der Waals surface area contributed by atoms with Crippen LogP contribution in [0.2, 0.25) is 0 Å². The first-order valence-corrected chi connectivity index (χ1v) is 9.15. The zero-order valence-corrected chi connectivity index (χ0v) is 16.1. The molecule has 2 N–H and O–H groups in total. The largest absolute Gasteiger partial charge is 0.378 e. The Bertz CT molecular complexity index is 913. The first kappa shape index (κ1) is 19.7. The summed E-state index contributed by atoms with van der Waals surface area (Å²) in [7, 11) is 0. The number of carbonyl (C=O) groups is 1. The number of amides is 1. The molecule has 1 heterocycles. The van der Waals surface area contributed by atoms with Crippen molar-refractivity contribution in [3.05, 3.63) is 63.7 Å². The van der Waals surface area contributed by atoms with E-state index in [1.165, 1.54) is 12.1 Å². The normalized spacial score (nSPS) is 13.7. The van der Waals surface area contributed by atoms with Crippen molar-refractivity contribution >= 4 is 40.3 Å². The molecule has 0 unspecified atom stereocenters. The molecule has 0 aliphatic carbocycles. The van der Waals surface area contributed by atoms with Crippen LogP contribution in [0.5, 0.6) is 0 Å². The number of nitro groups is 1. The number of thiocarbonyl (C=S) groups is 1. The standard InChI is InChI=1S/C19H20N4O4S/c1-13-4-2-3-5-16(13)20-19(28)21-18(24)15-12-14(23(25)26)6-7-17(15)22-8-10-27-11-9-22/h2-7,12H,8-11H2,1H3,(H2,20,21,24,28). The van der Waals surface area contributed by atoms with Gasteiger partial charge < -0.3 is 15.0 Å². The molecule has 1 fully saturated rings. The number of ether oxygens (including phenoxy) is 1. The molecular formula is C19H20N4O4S. The highest BCUT2D eigenvalue weighted by atomic mass is 32.1. The van der Waals surface area contributed by atoms with Crippen molar-refractivity contribution in [2.75, 3.05) is 36.5 Å².